The van der Waals surface area contributed by atoms with Crippen LogP contribution in [0.4, 0.5) is 5.69 Å². The number of fused-ring (bicyclic) bond motifs is 1. The van der Waals surface area contributed by atoms with E-state index in [2.05, 4.69) is 4.90 Å². The Kier molecular flexibility index (Phi) is 4.62. The minimum atomic E-state index is -0.690. The predicted octanol–water partition coefficient (Wildman–Crippen LogP) is 1.17. The molecule has 112 valence electrons. The zero-order valence-electron chi connectivity index (χ0n) is 11.4. The molecule has 1 fully saturated rings. The molecule has 0 aromatic heterocycles. The Labute approximate surface area is 125 Å². The van der Waals surface area contributed by atoms with E-state index < -0.39 is 5.60 Å². The molecule has 0 saturated carbocycles. The Morgan fingerprint density at radius 2 is 1.80 bits per heavy atom. The van der Waals surface area contributed by atoms with Gasteiger partial charge in [-0.1, -0.05) is 0 Å². The Hall–Kier alpha value is -1.17. The minimum Gasteiger partial charge on any atom is -0.486 e. The first-order chi connectivity index (χ1) is 9.20. The normalized spacial score (nSPS) is 20.2. The molecular formula is C14H21ClN2O3. The van der Waals surface area contributed by atoms with Crippen molar-refractivity contribution in [3.05, 3.63) is 18.2 Å². The van der Waals surface area contributed by atoms with Gasteiger partial charge in [-0.25, -0.2) is 0 Å². The summed E-state index contributed by atoms with van der Waals surface area (Å²) < 4.78 is 11.1. The summed E-state index contributed by atoms with van der Waals surface area (Å²) in [5.74, 6) is 1.62. The summed E-state index contributed by atoms with van der Waals surface area (Å²) in [5.41, 5.74) is 6.03. The average molecular weight is 301 g/mol. The SMILES string of the molecule is Cl.NCC1(O)CCN(c2ccc3c(c2)OCCO3)CC1. The molecule has 2 aliphatic heterocycles. The standard InChI is InChI=1S/C14H20N2O3.ClH/c15-10-14(17)3-5-16(6-4-14)11-1-2-12-13(9-11)19-8-7-18-12;/h1-2,9,17H,3-8,10,15H2;1H. The molecule has 0 spiro atoms. The van der Waals surface area contributed by atoms with Gasteiger partial charge in [0.2, 0.25) is 0 Å². The van der Waals surface area contributed by atoms with Gasteiger partial charge in [-0.2, -0.15) is 0 Å². The molecule has 1 aromatic rings. The average Bonchev–Trinajstić information content (AvgIpc) is 2.47. The van der Waals surface area contributed by atoms with Crippen LogP contribution in [-0.4, -0.2) is 43.6 Å². The Morgan fingerprint density at radius 3 is 2.45 bits per heavy atom. The first-order valence-electron chi connectivity index (χ1n) is 6.77. The van der Waals surface area contributed by atoms with Gasteiger partial charge in [0.25, 0.3) is 0 Å². The summed E-state index contributed by atoms with van der Waals surface area (Å²) >= 11 is 0. The van der Waals surface area contributed by atoms with E-state index in [4.69, 9.17) is 15.2 Å². The second kappa shape index (κ2) is 6.08. The highest BCUT2D eigenvalue weighted by Crippen LogP contribution is 2.35. The van der Waals surface area contributed by atoms with E-state index in [-0.39, 0.29) is 12.4 Å². The number of benzene rings is 1. The smallest absolute Gasteiger partial charge is 0.163 e. The predicted molar refractivity (Wildman–Crippen MR) is 80.1 cm³/mol. The number of rotatable bonds is 2. The quantitative estimate of drug-likeness (QED) is 0.858. The summed E-state index contributed by atoms with van der Waals surface area (Å²) in [5, 5.41) is 10.1. The van der Waals surface area contributed by atoms with E-state index in [9.17, 15) is 5.11 Å². The fourth-order valence-corrected chi connectivity index (χ4v) is 2.61. The van der Waals surface area contributed by atoms with Gasteiger partial charge < -0.3 is 25.2 Å². The summed E-state index contributed by atoms with van der Waals surface area (Å²) in [6, 6.07) is 6.01. The Morgan fingerprint density at radius 1 is 1.15 bits per heavy atom. The number of ether oxygens (including phenoxy) is 2. The van der Waals surface area contributed by atoms with Crippen LogP contribution in [0.25, 0.3) is 0 Å². The minimum absolute atomic E-state index is 0. The van der Waals surface area contributed by atoms with Crippen molar-refractivity contribution < 1.29 is 14.6 Å². The lowest BCUT2D eigenvalue weighted by Gasteiger charge is -2.38. The lowest BCUT2D eigenvalue weighted by atomic mass is 9.91. The van der Waals surface area contributed by atoms with Gasteiger partial charge in [-0.15, -0.1) is 12.4 Å². The van der Waals surface area contributed by atoms with E-state index in [0.717, 1.165) is 30.3 Å². The topological polar surface area (TPSA) is 68.0 Å². The van der Waals surface area contributed by atoms with Crippen molar-refractivity contribution in [1.29, 1.82) is 0 Å². The maximum atomic E-state index is 10.1. The highest BCUT2D eigenvalue weighted by Gasteiger charge is 2.31. The molecule has 2 aliphatic rings. The fourth-order valence-electron chi connectivity index (χ4n) is 2.61. The van der Waals surface area contributed by atoms with E-state index in [0.29, 0.717) is 32.6 Å². The van der Waals surface area contributed by atoms with E-state index >= 15 is 0 Å². The molecule has 0 unspecified atom stereocenters. The monoisotopic (exact) mass is 300 g/mol. The molecule has 5 nitrogen and oxygen atoms in total. The number of halogens is 1. The lowest BCUT2D eigenvalue weighted by molar-refractivity contribution is 0.0250. The molecule has 0 radical (unpaired) electrons. The van der Waals surface area contributed by atoms with Crippen molar-refractivity contribution in [2.24, 2.45) is 5.73 Å². The van der Waals surface area contributed by atoms with E-state index in [1.807, 2.05) is 18.2 Å². The van der Waals surface area contributed by atoms with Crippen molar-refractivity contribution in [3.8, 4) is 11.5 Å². The third kappa shape index (κ3) is 2.95. The van der Waals surface area contributed by atoms with Crippen molar-refractivity contribution in [2.75, 3.05) is 37.7 Å². The maximum Gasteiger partial charge on any atom is 0.163 e. The van der Waals surface area contributed by atoms with Crippen LogP contribution < -0.4 is 20.1 Å². The van der Waals surface area contributed by atoms with Crippen LogP contribution in [0.15, 0.2) is 18.2 Å². The number of piperidine rings is 1. The van der Waals surface area contributed by atoms with Gasteiger partial charge in [0, 0.05) is 31.4 Å². The van der Waals surface area contributed by atoms with E-state index in [1.54, 1.807) is 0 Å². The molecule has 0 atom stereocenters. The second-order valence-corrected chi connectivity index (χ2v) is 5.24. The Bertz CT molecular complexity index is 462. The van der Waals surface area contributed by atoms with Crippen LogP contribution in [-0.2, 0) is 0 Å². The van der Waals surface area contributed by atoms with Gasteiger partial charge in [-0.05, 0) is 25.0 Å². The third-order valence-electron chi connectivity index (χ3n) is 3.97. The molecule has 20 heavy (non-hydrogen) atoms. The summed E-state index contributed by atoms with van der Waals surface area (Å²) in [4.78, 5) is 2.25. The van der Waals surface area contributed by atoms with Crippen LogP contribution >= 0.6 is 12.4 Å². The maximum absolute atomic E-state index is 10.1. The van der Waals surface area contributed by atoms with Crippen LogP contribution in [0, 0.1) is 0 Å². The molecule has 6 heteroatoms. The number of aliphatic hydroxyl groups is 1. The van der Waals surface area contributed by atoms with Crippen LogP contribution in [0.5, 0.6) is 11.5 Å². The second-order valence-electron chi connectivity index (χ2n) is 5.24. The number of hydrogen-bond donors (Lipinski definition) is 2. The van der Waals surface area contributed by atoms with Crippen molar-refractivity contribution >= 4 is 18.1 Å². The van der Waals surface area contributed by atoms with Crippen molar-refractivity contribution in [1.82, 2.24) is 0 Å². The van der Waals surface area contributed by atoms with Crippen LogP contribution in [0.3, 0.4) is 0 Å². The molecule has 1 saturated heterocycles. The number of nitrogens with two attached hydrogens (primary N) is 1. The van der Waals surface area contributed by atoms with Gasteiger partial charge in [0.1, 0.15) is 13.2 Å². The molecule has 2 heterocycles. The van der Waals surface area contributed by atoms with Crippen LogP contribution in [0.1, 0.15) is 12.8 Å². The number of hydrogen-bond acceptors (Lipinski definition) is 5. The molecule has 0 amide bonds. The largest absolute Gasteiger partial charge is 0.486 e. The van der Waals surface area contributed by atoms with Crippen molar-refractivity contribution in [2.45, 2.75) is 18.4 Å². The first-order valence-corrected chi connectivity index (χ1v) is 6.77. The molecular weight excluding hydrogens is 280 g/mol. The van der Waals surface area contributed by atoms with Crippen molar-refractivity contribution in [3.63, 3.8) is 0 Å². The van der Waals surface area contributed by atoms with Crippen LogP contribution in [0.2, 0.25) is 0 Å². The molecule has 0 bridgehead atoms. The van der Waals surface area contributed by atoms with Gasteiger partial charge in [-0.3, -0.25) is 0 Å². The van der Waals surface area contributed by atoms with Gasteiger partial charge in [0.05, 0.1) is 5.60 Å². The summed E-state index contributed by atoms with van der Waals surface area (Å²) in [6.07, 6.45) is 1.41. The Balaban J connectivity index is 0.00000147. The van der Waals surface area contributed by atoms with E-state index in [1.165, 1.54) is 0 Å². The van der Waals surface area contributed by atoms with Gasteiger partial charge in [0.15, 0.2) is 11.5 Å². The first kappa shape index (κ1) is 15.2. The zero-order chi connectivity index (χ0) is 13.3. The third-order valence-corrected chi connectivity index (χ3v) is 3.97. The lowest BCUT2D eigenvalue weighted by Crippen LogP contribution is -2.48. The fraction of sp³-hybridized carbons (Fsp3) is 0.571. The highest BCUT2D eigenvalue weighted by atomic mass is 35.5. The summed E-state index contributed by atoms with van der Waals surface area (Å²) in [7, 11) is 0. The zero-order valence-corrected chi connectivity index (χ0v) is 12.2. The number of anilines is 1. The van der Waals surface area contributed by atoms with Gasteiger partial charge >= 0.3 is 0 Å². The molecule has 3 N–H and O–H groups in total. The molecule has 3 rings (SSSR count). The number of nitrogens with zero attached hydrogens (tertiary/aromatic N) is 1. The molecule has 0 aliphatic carbocycles. The highest BCUT2D eigenvalue weighted by molar-refractivity contribution is 5.85. The summed E-state index contributed by atoms with van der Waals surface area (Å²) in [6.45, 7) is 3.17. The molecule has 1 aromatic carbocycles.